The van der Waals surface area contributed by atoms with Crippen molar-refractivity contribution in [2.24, 2.45) is 0 Å². The number of nitrogens with zero attached hydrogens (tertiary/aromatic N) is 2. The minimum atomic E-state index is -0.348. The molecule has 94 valence electrons. The van der Waals surface area contributed by atoms with Crippen LogP contribution in [0.4, 0.5) is 10.5 Å². The van der Waals surface area contributed by atoms with Gasteiger partial charge in [-0.25, -0.2) is 4.79 Å². The van der Waals surface area contributed by atoms with Crippen LogP contribution in [0.1, 0.15) is 11.1 Å². The van der Waals surface area contributed by atoms with Gasteiger partial charge in [0.1, 0.15) is 6.07 Å². The van der Waals surface area contributed by atoms with Gasteiger partial charge in [0.2, 0.25) is 0 Å². The van der Waals surface area contributed by atoms with Crippen LogP contribution in [0.5, 0.6) is 0 Å². The van der Waals surface area contributed by atoms with Gasteiger partial charge in [-0.15, -0.1) is 0 Å². The van der Waals surface area contributed by atoms with Gasteiger partial charge in [0, 0.05) is 18.9 Å². The highest BCUT2D eigenvalue weighted by Crippen LogP contribution is 2.13. The summed E-state index contributed by atoms with van der Waals surface area (Å²) in [5.41, 5.74) is 1.89. The third-order valence-electron chi connectivity index (χ3n) is 2.50. The molecule has 5 nitrogen and oxygen atoms in total. The number of carbonyl (C=O) groups is 1. The summed E-state index contributed by atoms with van der Waals surface area (Å²) >= 11 is 0. The van der Waals surface area contributed by atoms with Crippen molar-refractivity contribution in [2.45, 2.75) is 6.54 Å². The van der Waals surface area contributed by atoms with E-state index in [2.05, 4.69) is 15.6 Å². The number of anilines is 1. The normalized spacial score (nSPS) is 9.42. The summed E-state index contributed by atoms with van der Waals surface area (Å²) in [6.07, 6.45) is 3.33. The van der Waals surface area contributed by atoms with Crippen LogP contribution in [0.25, 0.3) is 0 Å². The maximum atomic E-state index is 11.7. The topological polar surface area (TPSA) is 77.8 Å². The highest BCUT2D eigenvalue weighted by atomic mass is 16.2. The molecule has 5 heteroatoms. The third-order valence-corrected chi connectivity index (χ3v) is 2.50. The third kappa shape index (κ3) is 3.54. The minimum Gasteiger partial charge on any atom is -0.334 e. The Morgan fingerprint density at radius 2 is 1.95 bits per heavy atom. The fraction of sp³-hybridized carbons (Fsp3) is 0.0714. The maximum Gasteiger partial charge on any atom is 0.319 e. The lowest BCUT2D eigenvalue weighted by Gasteiger charge is -2.08. The summed E-state index contributed by atoms with van der Waals surface area (Å²) in [6.45, 7) is 0.406. The van der Waals surface area contributed by atoms with E-state index in [1.54, 1.807) is 36.7 Å². The predicted octanol–water partition coefficient (Wildman–Crippen LogP) is 2.27. The number of hydrogen-bond donors (Lipinski definition) is 2. The number of para-hydroxylation sites is 1. The zero-order chi connectivity index (χ0) is 13.5. The van der Waals surface area contributed by atoms with E-state index in [-0.39, 0.29) is 6.03 Å². The van der Waals surface area contributed by atoms with Crippen LogP contribution in [0.3, 0.4) is 0 Å². The van der Waals surface area contributed by atoms with Gasteiger partial charge >= 0.3 is 6.03 Å². The molecule has 0 saturated carbocycles. The van der Waals surface area contributed by atoms with Crippen LogP contribution in [0.2, 0.25) is 0 Å². The number of aromatic nitrogens is 1. The molecule has 19 heavy (non-hydrogen) atoms. The first kappa shape index (κ1) is 12.6. The van der Waals surface area contributed by atoms with Crippen molar-refractivity contribution in [3.05, 3.63) is 59.9 Å². The molecule has 0 fully saturated rings. The molecule has 0 bridgehead atoms. The molecule has 0 spiro atoms. The fourth-order valence-electron chi connectivity index (χ4n) is 1.54. The Morgan fingerprint density at radius 1 is 1.21 bits per heavy atom. The maximum absolute atomic E-state index is 11.7. The van der Waals surface area contributed by atoms with E-state index >= 15 is 0 Å². The number of carbonyl (C=O) groups excluding carboxylic acids is 1. The number of amides is 2. The van der Waals surface area contributed by atoms with Crippen LogP contribution in [0.15, 0.2) is 48.8 Å². The van der Waals surface area contributed by atoms with Crippen molar-refractivity contribution in [2.75, 3.05) is 5.32 Å². The molecule has 0 saturated heterocycles. The number of nitriles is 1. The molecule has 2 N–H and O–H groups in total. The largest absolute Gasteiger partial charge is 0.334 e. The Bertz CT molecular complexity index is 604. The monoisotopic (exact) mass is 252 g/mol. The molecule has 2 rings (SSSR count). The van der Waals surface area contributed by atoms with E-state index in [4.69, 9.17) is 5.26 Å². The van der Waals surface area contributed by atoms with E-state index < -0.39 is 0 Å². The second-order valence-corrected chi connectivity index (χ2v) is 3.82. The van der Waals surface area contributed by atoms with Gasteiger partial charge in [-0.1, -0.05) is 12.1 Å². The number of nitrogens with one attached hydrogen (secondary N) is 2. The molecule has 0 radical (unpaired) electrons. The second kappa shape index (κ2) is 6.17. The molecule has 1 aromatic heterocycles. The van der Waals surface area contributed by atoms with Gasteiger partial charge in [-0.05, 0) is 29.8 Å². The Hall–Kier alpha value is -2.87. The zero-order valence-electron chi connectivity index (χ0n) is 10.1. The molecule has 1 aromatic carbocycles. The number of rotatable bonds is 3. The smallest absolute Gasteiger partial charge is 0.319 e. The van der Waals surface area contributed by atoms with Crippen LogP contribution in [-0.4, -0.2) is 11.0 Å². The van der Waals surface area contributed by atoms with Crippen molar-refractivity contribution in [1.82, 2.24) is 10.3 Å². The summed E-state index contributed by atoms with van der Waals surface area (Å²) in [5, 5.41) is 14.3. The summed E-state index contributed by atoms with van der Waals surface area (Å²) in [6, 6.07) is 12.2. The van der Waals surface area contributed by atoms with Crippen molar-refractivity contribution in [1.29, 1.82) is 5.26 Å². The highest BCUT2D eigenvalue weighted by molar-refractivity contribution is 5.90. The summed E-state index contributed by atoms with van der Waals surface area (Å²) in [4.78, 5) is 15.6. The summed E-state index contributed by atoms with van der Waals surface area (Å²) < 4.78 is 0. The Kier molecular flexibility index (Phi) is 4.09. The molecule has 2 amide bonds. The van der Waals surface area contributed by atoms with Gasteiger partial charge < -0.3 is 10.6 Å². The molecular formula is C14H12N4O. The molecule has 0 unspecified atom stereocenters. The summed E-state index contributed by atoms with van der Waals surface area (Å²) in [7, 11) is 0. The first-order chi connectivity index (χ1) is 9.29. The standard InChI is InChI=1S/C14H12N4O/c15-9-12-3-1-2-4-13(12)18-14(19)17-10-11-5-7-16-8-6-11/h1-8H,10H2,(H2,17,18,19). The molecule has 2 aromatic rings. The average Bonchev–Trinajstić information content (AvgIpc) is 2.47. The van der Waals surface area contributed by atoms with Crippen LogP contribution >= 0.6 is 0 Å². The van der Waals surface area contributed by atoms with Gasteiger partial charge in [-0.2, -0.15) is 5.26 Å². The lowest BCUT2D eigenvalue weighted by molar-refractivity contribution is 0.251. The van der Waals surface area contributed by atoms with E-state index in [1.807, 2.05) is 18.2 Å². The number of urea groups is 1. The van der Waals surface area contributed by atoms with Crippen LogP contribution in [0, 0.1) is 11.3 Å². The number of benzene rings is 1. The fourth-order valence-corrected chi connectivity index (χ4v) is 1.54. The van der Waals surface area contributed by atoms with Gasteiger partial charge in [0.25, 0.3) is 0 Å². The Balaban J connectivity index is 1.93. The number of hydrogen-bond acceptors (Lipinski definition) is 3. The molecule has 0 atom stereocenters. The van der Waals surface area contributed by atoms with E-state index in [0.717, 1.165) is 5.56 Å². The first-order valence-electron chi connectivity index (χ1n) is 5.72. The quantitative estimate of drug-likeness (QED) is 0.879. The van der Waals surface area contributed by atoms with Crippen molar-refractivity contribution in [3.63, 3.8) is 0 Å². The Labute approximate surface area is 110 Å². The molecule has 1 heterocycles. The van der Waals surface area contributed by atoms with Gasteiger partial charge in [0.05, 0.1) is 11.3 Å². The predicted molar refractivity (Wildman–Crippen MR) is 71.3 cm³/mol. The minimum absolute atomic E-state index is 0.348. The number of pyridine rings is 1. The lowest BCUT2D eigenvalue weighted by atomic mass is 10.2. The zero-order valence-corrected chi connectivity index (χ0v) is 10.1. The lowest BCUT2D eigenvalue weighted by Crippen LogP contribution is -2.28. The molecular weight excluding hydrogens is 240 g/mol. The van der Waals surface area contributed by atoms with Crippen molar-refractivity contribution >= 4 is 11.7 Å². The Morgan fingerprint density at radius 3 is 2.68 bits per heavy atom. The van der Waals surface area contributed by atoms with E-state index in [9.17, 15) is 4.79 Å². The van der Waals surface area contributed by atoms with Crippen LogP contribution < -0.4 is 10.6 Å². The molecule has 0 aliphatic heterocycles. The summed E-state index contributed by atoms with van der Waals surface area (Å²) in [5.74, 6) is 0. The van der Waals surface area contributed by atoms with E-state index in [1.165, 1.54) is 0 Å². The SMILES string of the molecule is N#Cc1ccccc1NC(=O)NCc1ccncc1. The van der Waals surface area contributed by atoms with Crippen LogP contribution in [-0.2, 0) is 6.54 Å². The van der Waals surface area contributed by atoms with Crippen molar-refractivity contribution < 1.29 is 4.79 Å². The van der Waals surface area contributed by atoms with Gasteiger partial charge in [-0.3, -0.25) is 4.98 Å². The first-order valence-corrected chi connectivity index (χ1v) is 5.72. The highest BCUT2D eigenvalue weighted by Gasteiger charge is 2.05. The second-order valence-electron chi connectivity index (χ2n) is 3.82. The molecule has 0 aliphatic rings. The van der Waals surface area contributed by atoms with Crippen molar-refractivity contribution in [3.8, 4) is 6.07 Å². The van der Waals surface area contributed by atoms with E-state index in [0.29, 0.717) is 17.8 Å². The average molecular weight is 252 g/mol. The molecule has 0 aliphatic carbocycles. The van der Waals surface area contributed by atoms with Gasteiger partial charge in [0.15, 0.2) is 0 Å².